The van der Waals surface area contributed by atoms with Crippen molar-refractivity contribution in [3.05, 3.63) is 0 Å². The lowest BCUT2D eigenvalue weighted by Crippen LogP contribution is -2.52. The summed E-state index contributed by atoms with van der Waals surface area (Å²) in [6, 6.07) is 0.443. The van der Waals surface area contributed by atoms with Crippen molar-refractivity contribution in [2.45, 2.75) is 32.7 Å². The van der Waals surface area contributed by atoms with E-state index in [9.17, 15) is 8.42 Å². The summed E-state index contributed by atoms with van der Waals surface area (Å²) < 4.78 is 27.8. The van der Waals surface area contributed by atoms with Gasteiger partial charge in [0.25, 0.3) is 10.2 Å². The van der Waals surface area contributed by atoms with Crippen molar-refractivity contribution in [3.8, 4) is 0 Å². The molecule has 0 aromatic heterocycles. The Morgan fingerprint density at radius 1 is 1.38 bits per heavy atom. The van der Waals surface area contributed by atoms with E-state index in [0.717, 1.165) is 12.8 Å². The quantitative estimate of drug-likeness (QED) is 0.730. The molecule has 0 aromatic carbocycles. The van der Waals surface area contributed by atoms with Crippen LogP contribution < -0.4 is 10.0 Å². The number of nitrogens with zero attached hydrogens (tertiary/aromatic N) is 1. The molecule has 0 spiro atoms. The van der Waals surface area contributed by atoms with E-state index in [-0.39, 0.29) is 0 Å². The van der Waals surface area contributed by atoms with Crippen molar-refractivity contribution in [2.75, 3.05) is 26.7 Å². The first-order chi connectivity index (χ1) is 7.55. The maximum absolute atomic E-state index is 11.8. The molecule has 96 valence electrons. The van der Waals surface area contributed by atoms with Crippen LogP contribution in [0.1, 0.15) is 26.7 Å². The summed E-state index contributed by atoms with van der Waals surface area (Å²) in [5.74, 6) is 0.409. The van der Waals surface area contributed by atoms with Crippen molar-refractivity contribution in [1.82, 2.24) is 14.3 Å². The topological polar surface area (TPSA) is 61.4 Å². The summed E-state index contributed by atoms with van der Waals surface area (Å²) in [4.78, 5) is 0. The van der Waals surface area contributed by atoms with Gasteiger partial charge in [0.1, 0.15) is 0 Å². The molecule has 5 nitrogen and oxygen atoms in total. The third-order valence-electron chi connectivity index (χ3n) is 3.26. The van der Waals surface area contributed by atoms with Crippen LogP contribution in [0.4, 0.5) is 0 Å². The fraction of sp³-hybridized carbons (Fsp3) is 1.00. The molecule has 1 rings (SSSR count). The Hall–Kier alpha value is -0.170. The normalized spacial score (nSPS) is 28.2. The van der Waals surface area contributed by atoms with Gasteiger partial charge in [0, 0.05) is 25.7 Å². The lowest BCUT2D eigenvalue weighted by molar-refractivity contribution is 0.208. The van der Waals surface area contributed by atoms with Crippen LogP contribution in [0.15, 0.2) is 0 Å². The van der Waals surface area contributed by atoms with Gasteiger partial charge in [-0.05, 0) is 19.4 Å². The molecule has 0 aliphatic carbocycles. The molecule has 0 bridgehead atoms. The molecule has 0 aromatic rings. The summed E-state index contributed by atoms with van der Waals surface area (Å²) in [5, 5.41) is 3.27. The van der Waals surface area contributed by atoms with Gasteiger partial charge in [0.2, 0.25) is 0 Å². The Morgan fingerprint density at radius 3 is 2.56 bits per heavy atom. The minimum absolute atomic E-state index is 0.409. The molecule has 6 heteroatoms. The van der Waals surface area contributed by atoms with E-state index in [0.29, 0.717) is 31.6 Å². The van der Waals surface area contributed by atoms with Crippen molar-refractivity contribution in [2.24, 2.45) is 5.92 Å². The molecule has 1 saturated heterocycles. The minimum atomic E-state index is -3.25. The lowest BCUT2D eigenvalue weighted by atomic mass is 9.91. The predicted octanol–water partition coefficient (Wildman–Crippen LogP) is 0.161. The van der Waals surface area contributed by atoms with E-state index in [1.54, 1.807) is 11.2 Å². The number of piperidine rings is 1. The highest BCUT2D eigenvalue weighted by atomic mass is 32.2. The molecular weight excluding hydrogens is 226 g/mol. The third-order valence-corrected chi connectivity index (χ3v) is 4.92. The summed E-state index contributed by atoms with van der Waals surface area (Å²) >= 11 is 0. The molecule has 1 aliphatic heterocycles. The largest absolute Gasteiger partial charge is 0.317 e. The second-order valence-electron chi connectivity index (χ2n) is 4.21. The minimum Gasteiger partial charge on any atom is -0.317 e. The second-order valence-corrected chi connectivity index (χ2v) is 5.97. The first-order valence-electron chi connectivity index (χ1n) is 5.97. The van der Waals surface area contributed by atoms with E-state index in [1.165, 1.54) is 0 Å². The van der Waals surface area contributed by atoms with Crippen LogP contribution in [-0.4, -0.2) is 45.4 Å². The summed E-state index contributed by atoms with van der Waals surface area (Å²) in [7, 11) is -1.31. The van der Waals surface area contributed by atoms with Gasteiger partial charge in [0.15, 0.2) is 0 Å². The molecule has 2 atom stereocenters. The maximum Gasteiger partial charge on any atom is 0.279 e. The number of hydrogen-bond acceptors (Lipinski definition) is 3. The van der Waals surface area contributed by atoms with Crippen LogP contribution in [0.5, 0.6) is 0 Å². The standard InChI is InChI=1S/C10H23N3O2S/c1-4-9-8-13(7-6-10(9)11-3)16(14,15)12-5-2/h9-12H,4-8H2,1-3H3. The van der Waals surface area contributed by atoms with Crippen molar-refractivity contribution in [1.29, 1.82) is 0 Å². The zero-order valence-corrected chi connectivity index (χ0v) is 11.2. The van der Waals surface area contributed by atoms with E-state index < -0.39 is 10.2 Å². The average molecular weight is 249 g/mol. The summed E-state index contributed by atoms with van der Waals surface area (Å²) in [6.45, 7) is 5.59. The molecule has 2 N–H and O–H groups in total. The molecule has 1 heterocycles. The number of hydrogen-bond donors (Lipinski definition) is 2. The smallest absolute Gasteiger partial charge is 0.279 e. The first kappa shape index (κ1) is 13.9. The van der Waals surface area contributed by atoms with Crippen molar-refractivity contribution < 1.29 is 8.42 Å². The highest BCUT2D eigenvalue weighted by Gasteiger charge is 2.32. The molecule has 2 unspecified atom stereocenters. The monoisotopic (exact) mass is 249 g/mol. The van der Waals surface area contributed by atoms with Crippen LogP contribution in [0, 0.1) is 5.92 Å². The molecule has 0 radical (unpaired) electrons. The second kappa shape index (κ2) is 5.95. The van der Waals surface area contributed by atoms with Crippen LogP contribution >= 0.6 is 0 Å². The zero-order chi connectivity index (χ0) is 12.2. The average Bonchev–Trinajstić information content (AvgIpc) is 2.28. The molecule has 1 fully saturated rings. The fourth-order valence-electron chi connectivity index (χ4n) is 2.28. The number of rotatable bonds is 5. The third kappa shape index (κ3) is 3.16. The molecule has 1 aliphatic rings. The van der Waals surface area contributed by atoms with Gasteiger partial charge in [-0.25, -0.2) is 4.72 Å². The Kier molecular flexibility index (Phi) is 5.17. The van der Waals surface area contributed by atoms with E-state index >= 15 is 0 Å². The summed E-state index contributed by atoms with van der Waals surface area (Å²) in [6.07, 6.45) is 1.89. The van der Waals surface area contributed by atoms with E-state index in [4.69, 9.17) is 0 Å². The highest BCUT2D eigenvalue weighted by Crippen LogP contribution is 2.21. The number of nitrogens with one attached hydrogen (secondary N) is 2. The van der Waals surface area contributed by atoms with Gasteiger partial charge in [-0.1, -0.05) is 20.3 Å². The Labute approximate surface area is 98.8 Å². The lowest BCUT2D eigenvalue weighted by Gasteiger charge is -2.37. The van der Waals surface area contributed by atoms with Crippen molar-refractivity contribution >= 4 is 10.2 Å². The van der Waals surface area contributed by atoms with Gasteiger partial charge >= 0.3 is 0 Å². The van der Waals surface area contributed by atoms with Gasteiger partial charge < -0.3 is 5.32 Å². The Morgan fingerprint density at radius 2 is 2.06 bits per heavy atom. The fourth-order valence-corrected chi connectivity index (χ4v) is 3.57. The maximum atomic E-state index is 11.8. The molecule has 16 heavy (non-hydrogen) atoms. The van der Waals surface area contributed by atoms with E-state index in [1.807, 2.05) is 7.05 Å². The predicted molar refractivity (Wildman–Crippen MR) is 65.4 cm³/mol. The van der Waals surface area contributed by atoms with Gasteiger partial charge in [-0.2, -0.15) is 12.7 Å². The van der Waals surface area contributed by atoms with E-state index in [2.05, 4.69) is 17.0 Å². The first-order valence-corrected chi connectivity index (χ1v) is 7.41. The SMILES string of the molecule is CCNS(=O)(=O)N1CCC(NC)C(CC)C1. The van der Waals surface area contributed by atoms with Gasteiger partial charge in [-0.3, -0.25) is 0 Å². The van der Waals surface area contributed by atoms with Crippen LogP contribution in [-0.2, 0) is 10.2 Å². The summed E-state index contributed by atoms with van der Waals surface area (Å²) in [5.41, 5.74) is 0. The Balaban J connectivity index is 2.67. The van der Waals surface area contributed by atoms with Crippen molar-refractivity contribution in [3.63, 3.8) is 0 Å². The van der Waals surface area contributed by atoms with Crippen LogP contribution in [0.3, 0.4) is 0 Å². The molecule has 0 amide bonds. The van der Waals surface area contributed by atoms with Gasteiger partial charge in [-0.15, -0.1) is 0 Å². The van der Waals surface area contributed by atoms with Gasteiger partial charge in [0.05, 0.1) is 0 Å². The zero-order valence-electron chi connectivity index (χ0n) is 10.4. The van der Waals surface area contributed by atoms with Crippen LogP contribution in [0.2, 0.25) is 0 Å². The molecular formula is C10H23N3O2S. The molecule has 0 saturated carbocycles. The highest BCUT2D eigenvalue weighted by molar-refractivity contribution is 7.87. The Bertz CT molecular complexity index is 305. The van der Waals surface area contributed by atoms with Crippen LogP contribution in [0.25, 0.3) is 0 Å².